The number of benzene rings is 1. The van der Waals surface area contributed by atoms with Crippen LogP contribution in [-0.2, 0) is 4.79 Å². The van der Waals surface area contributed by atoms with Crippen molar-refractivity contribution in [3.63, 3.8) is 0 Å². The van der Waals surface area contributed by atoms with Gasteiger partial charge in [0.25, 0.3) is 5.91 Å². The van der Waals surface area contributed by atoms with Gasteiger partial charge in [0.05, 0.1) is 12.6 Å². The average Bonchev–Trinajstić information content (AvgIpc) is 3.32. The van der Waals surface area contributed by atoms with Gasteiger partial charge in [-0.3, -0.25) is 9.80 Å². The number of allylic oxidation sites excluding steroid dienone is 2. The second kappa shape index (κ2) is 9.23. The molecule has 4 atom stereocenters. The summed E-state index contributed by atoms with van der Waals surface area (Å²) in [5.74, 6) is 0.417. The molecule has 0 aliphatic carbocycles. The van der Waals surface area contributed by atoms with Crippen molar-refractivity contribution in [2.75, 3.05) is 13.2 Å². The number of rotatable bonds is 7. The number of nitrogens with one attached hydrogen (secondary N) is 4. The number of hydrazine groups is 1. The monoisotopic (exact) mass is 445 g/mol. The standard InChI is InChI=1S/C21H27N5O4S/c1-12-9-22-21(31-12)24-20(29)19-13(2)23-18-8-7-16(25-26(18)19)15-5-3-4-6-17(15)30-11-14(28)10-27/h3-9,14,16,18,21-23,25,27-28H,10-11H2,1-2H3,(H,24,29)/t14-,16?,18?,21?/m1/s1. The van der Waals surface area contributed by atoms with Gasteiger partial charge in [0, 0.05) is 22.4 Å². The molecule has 1 aromatic rings. The molecule has 166 valence electrons. The lowest BCUT2D eigenvalue weighted by molar-refractivity contribution is -0.119. The van der Waals surface area contributed by atoms with Gasteiger partial charge in [-0.25, -0.2) is 5.43 Å². The average molecular weight is 446 g/mol. The smallest absolute Gasteiger partial charge is 0.273 e. The van der Waals surface area contributed by atoms with Crippen LogP contribution in [0.15, 0.2) is 58.9 Å². The lowest BCUT2D eigenvalue weighted by atomic mass is 10.0. The summed E-state index contributed by atoms with van der Waals surface area (Å²) >= 11 is 1.56. The summed E-state index contributed by atoms with van der Waals surface area (Å²) in [5, 5.41) is 29.9. The van der Waals surface area contributed by atoms with Crippen LogP contribution >= 0.6 is 11.8 Å². The highest BCUT2D eigenvalue weighted by Gasteiger charge is 2.37. The van der Waals surface area contributed by atoms with E-state index in [0.29, 0.717) is 11.4 Å². The first-order valence-corrected chi connectivity index (χ1v) is 11.0. The fourth-order valence-corrected chi connectivity index (χ4v) is 4.44. The number of thioether (sulfide) groups is 1. The van der Waals surface area contributed by atoms with Crippen molar-refractivity contribution in [1.82, 2.24) is 26.4 Å². The van der Waals surface area contributed by atoms with Crippen LogP contribution < -0.4 is 26.1 Å². The number of carbonyl (C=O) groups is 1. The highest BCUT2D eigenvalue weighted by molar-refractivity contribution is 8.03. The third-order valence-electron chi connectivity index (χ3n) is 5.12. The minimum absolute atomic E-state index is 0.00990. The van der Waals surface area contributed by atoms with Crippen LogP contribution in [-0.4, -0.2) is 52.1 Å². The minimum atomic E-state index is -0.948. The molecule has 0 aromatic heterocycles. The Morgan fingerprint density at radius 3 is 2.87 bits per heavy atom. The third-order valence-corrected chi connectivity index (χ3v) is 6.10. The SMILES string of the molecule is CC1=CNC(NC(=O)C2=C(C)NC3C=CC(c4ccccc4OC[C@H](O)CO)NN23)S1. The number of aliphatic hydroxyl groups excluding tert-OH is 2. The molecule has 3 unspecified atom stereocenters. The predicted molar refractivity (Wildman–Crippen MR) is 118 cm³/mol. The molecule has 6 N–H and O–H groups in total. The Hall–Kier alpha value is -2.66. The first-order valence-electron chi connectivity index (χ1n) is 10.1. The number of nitrogens with zero attached hydrogens (tertiary/aromatic N) is 1. The van der Waals surface area contributed by atoms with E-state index in [1.54, 1.807) is 11.8 Å². The van der Waals surface area contributed by atoms with Crippen LogP contribution in [0.5, 0.6) is 5.75 Å². The first-order chi connectivity index (χ1) is 15.0. The molecule has 3 aliphatic heterocycles. The predicted octanol–water partition coefficient (Wildman–Crippen LogP) is 0.594. The second-order valence-corrected chi connectivity index (χ2v) is 8.85. The largest absolute Gasteiger partial charge is 0.490 e. The molecule has 10 heteroatoms. The molecule has 1 amide bonds. The number of para-hydroxylation sites is 1. The molecule has 0 radical (unpaired) electrons. The number of fused-ring (bicyclic) bond motifs is 1. The van der Waals surface area contributed by atoms with E-state index < -0.39 is 6.10 Å². The number of aliphatic hydroxyl groups is 2. The quantitative estimate of drug-likeness (QED) is 0.335. The van der Waals surface area contributed by atoms with Gasteiger partial charge in [-0.2, -0.15) is 0 Å². The van der Waals surface area contributed by atoms with E-state index in [0.717, 1.165) is 16.2 Å². The molecule has 0 saturated heterocycles. The molecule has 3 heterocycles. The lowest BCUT2D eigenvalue weighted by Gasteiger charge is -2.35. The molecular formula is C21H27N5O4S. The summed E-state index contributed by atoms with van der Waals surface area (Å²) in [6, 6.07) is 7.26. The van der Waals surface area contributed by atoms with Crippen LogP contribution in [0.1, 0.15) is 25.5 Å². The minimum Gasteiger partial charge on any atom is -0.490 e. The van der Waals surface area contributed by atoms with Crippen LogP contribution in [0.3, 0.4) is 0 Å². The zero-order chi connectivity index (χ0) is 22.0. The highest BCUT2D eigenvalue weighted by Crippen LogP contribution is 2.32. The zero-order valence-electron chi connectivity index (χ0n) is 17.3. The van der Waals surface area contributed by atoms with Gasteiger partial charge in [-0.05, 0) is 26.0 Å². The molecule has 0 fully saturated rings. The maximum atomic E-state index is 13.0. The van der Waals surface area contributed by atoms with E-state index in [4.69, 9.17) is 9.84 Å². The molecule has 9 nitrogen and oxygen atoms in total. The highest BCUT2D eigenvalue weighted by atomic mass is 32.2. The number of ether oxygens (including phenoxy) is 1. The van der Waals surface area contributed by atoms with Gasteiger partial charge in [0.2, 0.25) is 0 Å². The molecular weight excluding hydrogens is 418 g/mol. The first kappa shape index (κ1) is 21.6. The number of hydrogen-bond donors (Lipinski definition) is 6. The van der Waals surface area contributed by atoms with Gasteiger partial charge in [-0.15, -0.1) is 0 Å². The van der Waals surface area contributed by atoms with Crippen molar-refractivity contribution in [1.29, 1.82) is 0 Å². The summed E-state index contributed by atoms with van der Waals surface area (Å²) in [6.45, 7) is 3.49. The molecule has 0 spiro atoms. The van der Waals surface area contributed by atoms with Crippen LogP contribution in [0, 0.1) is 0 Å². The van der Waals surface area contributed by atoms with E-state index in [-0.39, 0.29) is 36.8 Å². The Morgan fingerprint density at radius 1 is 1.32 bits per heavy atom. The fourth-order valence-electron chi connectivity index (χ4n) is 3.63. The molecule has 0 bridgehead atoms. The Kier molecular flexibility index (Phi) is 6.42. The Morgan fingerprint density at radius 2 is 2.13 bits per heavy atom. The van der Waals surface area contributed by atoms with Crippen LogP contribution in [0.25, 0.3) is 0 Å². The maximum Gasteiger partial charge on any atom is 0.273 e. The zero-order valence-corrected chi connectivity index (χ0v) is 18.1. The van der Waals surface area contributed by atoms with E-state index in [2.05, 4.69) is 21.4 Å². The maximum absolute atomic E-state index is 13.0. The van der Waals surface area contributed by atoms with E-state index in [1.807, 2.05) is 61.5 Å². The molecule has 31 heavy (non-hydrogen) atoms. The summed E-state index contributed by atoms with van der Waals surface area (Å²) < 4.78 is 5.72. The number of hydrogen-bond acceptors (Lipinski definition) is 9. The van der Waals surface area contributed by atoms with Crippen molar-refractivity contribution in [3.05, 3.63) is 64.5 Å². The normalized spacial score (nSPS) is 25.5. The van der Waals surface area contributed by atoms with Gasteiger partial charge in [-0.1, -0.05) is 36.0 Å². The second-order valence-electron chi connectivity index (χ2n) is 7.50. The molecule has 0 saturated carbocycles. The summed E-state index contributed by atoms with van der Waals surface area (Å²) in [6.07, 6.45) is 4.77. The van der Waals surface area contributed by atoms with E-state index in [9.17, 15) is 9.90 Å². The summed E-state index contributed by atoms with van der Waals surface area (Å²) in [5.41, 5.74) is 5.37. The van der Waals surface area contributed by atoms with Crippen molar-refractivity contribution < 1.29 is 19.7 Å². The summed E-state index contributed by atoms with van der Waals surface area (Å²) in [7, 11) is 0. The van der Waals surface area contributed by atoms with E-state index in [1.165, 1.54) is 0 Å². The van der Waals surface area contributed by atoms with Crippen molar-refractivity contribution in [2.24, 2.45) is 0 Å². The molecule has 3 aliphatic rings. The van der Waals surface area contributed by atoms with Gasteiger partial charge in [0.1, 0.15) is 30.3 Å². The Bertz CT molecular complexity index is 934. The van der Waals surface area contributed by atoms with Gasteiger partial charge in [0.15, 0.2) is 5.50 Å². The fraction of sp³-hybridized carbons (Fsp3) is 0.381. The van der Waals surface area contributed by atoms with E-state index >= 15 is 0 Å². The van der Waals surface area contributed by atoms with Crippen molar-refractivity contribution in [2.45, 2.75) is 37.7 Å². The lowest BCUT2D eigenvalue weighted by Crippen LogP contribution is -2.52. The van der Waals surface area contributed by atoms with Gasteiger partial charge >= 0.3 is 0 Å². The third kappa shape index (κ3) is 4.67. The Labute approximate surface area is 185 Å². The summed E-state index contributed by atoms with van der Waals surface area (Å²) in [4.78, 5) is 14.1. The van der Waals surface area contributed by atoms with Crippen molar-refractivity contribution in [3.8, 4) is 5.75 Å². The van der Waals surface area contributed by atoms with Crippen LogP contribution in [0.2, 0.25) is 0 Å². The number of carbonyl (C=O) groups excluding carboxylic acids is 1. The Balaban J connectivity index is 1.49. The topological polar surface area (TPSA) is 118 Å². The van der Waals surface area contributed by atoms with Gasteiger partial charge < -0.3 is 30.9 Å². The van der Waals surface area contributed by atoms with Crippen molar-refractivity contribution >= 4 is 17.7 Å². The number of amides is 1. The van der Waals surface area contributed by atoms with Crippen LogP contribution in [0.4, 0.5) is 0 Å². The molecule has 4 rings (SSSR count). The molecule has 1 aromatic carbocycles.